The summed E-state index contributed by atoms with van der Waals surface area (Å²) in [7, 11) is 0. The van der Waals surface area contributed by atoms with Gasteiger partial charge in [0, 0.05) is 12.0 Å². The van der Waals surface area contributed by atoms with Crippen LogP contribution >= 0.6 is 0 Å². The molecule has 7 heteroatoms. The van der Waals surface area contributed by atoms with E-state index >= 15 is 0 Å². The van der Waals surface area contributed by atoms with Crippen LogP contribution in [0, 0.1) is 11.8 Å². The van der Waals surface area contributed by atoms with Gasteiger partial charge in [-0.25, -0.2) is 4.79 Å². The SMILES string of the molecule is O=C(O)CC(NC(=O)OCC1c2ccccc2-c2ccccc21)C(=O)NC1CC[C@@H]2CC[C@H]12. The van der Waals surface area contributed by atoms with Crippen LogP contribution < -0.4 is 10.6 Å². The van der Waals surface area contributed by atoms with Gasteiger partial charge in [-0.3, -0.25) is 9.59 Å². The molecule has 0 heterocycles. The summed E-state index contributed by atoms with van der Waals surface area (Å²) in [6, 6.07) is 14.9. The van der Waals surface area contributed by atoms with E-state index in [0.29, 0.717) is 11.8 Å². The van der Waals surface area contributed by atoms with Crippen LogP contribution in [0.1, 0.15) is 49.1 Å². The van der Waals surface area contributed by atoms with E-state index in [1.807, 2.05) is 36.4 Å². The third kappa shape index (κ3) is 4.19. The standard InChI is InChI=1S/C26H28N2O5/c29-24(30)13-23(25(31)27-22-12-10-15-9-11-16(15)22)28-26(32)33-14-21-19-7-3-1-5-17(19)18-6-2-4-8-20(18)21/h1-8,15-16,21-23H,9-14H2,(H,27,31)(H,28,32)(H,29,30)/t15-,16-,22?,23?/m0/s1. The normalized spacial score (nSPS) is 23.5. The number of carbonyl (C=O) groups excluding carboxylic acids is 2. The zero-order valence-corrected chi connectivity index (χ0v) is 18.3. The minimum atomic E-state index is -1.17. The summed E-state index contributed by atoms with van der Waals surface area (Å²) in [5, 5.41) is 14.7. The summed E-state index contributed by atoms with van der Waals surface area (Å²) in [5.74, 6) is -0.563. The summed E-state index contributed by atoms with van der Waals surface area (Å²) in [6.07, 6.45) is 3.03. The lowest BCUT2D eigenvalue weighted by Crippen LogP contribution is -2.52. The Balaban J connectivity index is 1.22. The molecule has 2 unspecified atom stereocenters. The van der Waals surface area contributed by atoms with Gasteiger partial charge in [-0.15, -0.1) is 0 Å². The predicted octanol–water partition coefficient (Wildman–Crippen LogP) is 3.67. The second-order valence-corrected chi connectivity index (χ2v) is 9.31. The molecule has 33 heavy (non-hydrogen) atoms. The molecule has 2 aromatic rings. The summed E-state index contributed by atoms with van der Waals surface area (Å²) >= 11 is 0. The first-order chi connectivity index (χ1) is 16.0. The average molecular weight is 449 g/mol. The first-order valence-electron chi connectivity index (χ1n) is 11.6. The summed E-state index contributed by atoms with van der Waals surface area (Å²) in [6.45, 7) is 0.105. The third-order valence-electron chi connectivity index (χ3n) is 7.50. The number of benzene rings is 2. The lowest BCUT2D eigenvalue weighted by Gasteiger charge is -2.34. The highest BCUT2D eigenvalue weighted by Gasteiger charge is 2.43. The zero-order chi connectivity index (χ0) is 22.9. The van der Waals surface area contributed by atoms with E-state index in [2.05, 4.69) is 22.8 Å². The lowest BCUT2D eigenvalue weighted by atomic mass is 9.75. The zero-order valence-electron chi connectivity index (χ0n) is 18.3. The van der Waals surface area contributed by atoms with Gasteiger partial charge in [0.2, 0.25) is 5.91 Å². The maximum atomic E-state index is 12.8. The van der Waals surface area contributed by atoms with Crippen molar-refractivity contribution in [3.8, 4) is 11.1 Å². The lowest BCUT2D eigenvalue weighted by molar-refractivity contribution is -0.140. The maximum Gasteiger partial charge on any atom is 0.407 e. The van der Waals surface area contributed by atoms with Crippen molar-refractivity contribution >= 4 is 18.0 Å². The largest absolute Gasteiger partial charge is 0.481 e. The van der Waals surface area contributed by atoms with Crippen LogP contribution in [-0.4, -0.2) is 41.8 Å². The minimum Gasteiger partial charge on any atom is -0.481 e. The molecule has 2 saturated carbocycles. The highest BCUT2D eigenvalue weighted by molar-refractivity contribution is 5.89. The molecule has 0 aromatic heterocycles. The van der Waals surface area contributed by atoms with Crippen molar-refractivity contribution in [1.82, 2.24) is 10.6 Å². The van der Waals surface area contributed by atoms with Crippen LogP contribution in [0.2, 0.25) is 0 Å². The van der Waals surface area contributed by atoms with E-state index in [-0.39, 0.29) is 18.6 Å². The Labute approximate surface area is 192 Å². The van der Waals surface area contributed by atoms with Crippen LogP contribution in [0.15, 0.2) is 48.5 Å². The molecular weight excluding hydrogens is 420 g/mol. The predicted molar refractivity (Wildman–Crippen MR) is 122 cm³/mol. The number of fused-ring (bicyclic) bond motifs is 4. The van der Waals surface area contributed by atoms with Gasteiger partial charge in [0.15, 0.2) is 0 Å². The van der Waals surface area contributed by atoms with Crippen LogP contribution in [0.4, 0.5) is 4.79 Å². The Morgan fingerprint density at radius 3 is 2.15 bits per heavy atom. The maximum absolute atomic E-state index is 12.8. The number of amides is 2. The number of aliphatic carboxylic acids is 1. The number of carboxylic acids is 1. The van der Waals surface area contributed by atoms with Crippen molar-refractivity contribution < 1.29 is 24.2 Å². The molecule has 5 rings (SSSR count). The molecule has 3 aliphatic carbocycles. The van der Waals surface area contributed by atoms with Crippen molar-refractivity contribution in [3.05, 3.63) is 59.7 Å². The Bertz CT molecular complexity index is 1040. The van der Waals surface area contributed by atoms with E-state index in [4.69, 9.17) is 4.74 Å². The first-order valence-corrected chi connectivity index (χ1v) is 11.6. The van der Waals surface area contributed by atoms with Crippen molar-refractivity contribution in [3.63, 3.8) is 0 Å². The van der Waals surface area contributed by atoms with Crippen molar-refractivity contribution in [1.29, 1.82) is 0 Å². The smallest absolute Gasteiger partial charge is 0.407 e. The number of rotatable bonds is 7. The van der Waals surface area contributed by atoms with Gasteiger partial charge in [-0.1, -0.05) is 48.5 Å². The minimum absolute atomic E-state index is 0.0665. The van der Waals surface area contributed by atoms with Crippen molar-refractivity contribution in [2.45, 2.75) is 50.1 Å². The fourth-order valence-electron chi connectivity index (χ4n) is 5.72. The van der Waals surface area contributed by atoms with Crippen LogP contribution in [0.25, 0.3) is 11.1 Å². The summed E-state index contributed by atoms with van der Waals surface area (Å²) in [4.78, 5) is 36.7. The topological polar surface area (TPSA) is 105 Å². The van der Waals surface area contributed by atoms with E-state index in [9.17, 15) is 19.5 Å². The Kier molecular flexibility index (Phi) is 5.79. The van der Waals surface area contributed by atoms with E-state index < -0.39 is 30.4 Å². The van der Waals surface area contributed by atoms with Gasteiger partial charge >= 0.3 is 12.1 Å². The summed E-state index contributed by atoms with van der Waals surface area (Å²) in [5.41, 5.74) is 4.41. The number of carboxylic acid groups (broad SMARTS) is 1. The number of carbonyl (C=O) groups is 3. The molecule has 0 aliphatic heterocycles. The molecule has 3 aliphatic rings. The number of nitrogens with one attached hydrogen (secondary N) is 2. The summed E-state index contributed by atoms with van der Waals surface area (Å²) < 4.78 is 5.50. The molecule has 0 radical (unpaired) electrons. The molecule has 0 bridgehead atoms. The fourth-order valence-corrected chi connectivity index (χ4v) is 5.72. The van der Waals surface area contributed by atoms with E-state index in [0.717, 1.165) is 41.5 Å². The fraction of sp³-hybridized carbons (Fsp3) is 0.423. The molecule has 2 aromatic carbocycles. The quantitative estimate of drug-likeness (QED) is 0.599. The van der Waals surface area contributed by atoms with Gasteiger partial charge in [0.1, 0.15) is 12.6 Å². The molecular formula is C26H28N2O5. The van der Waals surface area contributed by atoms with Gasteiger partial charge in [0.05, 0.1) is 6.42 Å². The molecule has 0 saturated heterocycles. The van der Waals surface area contributed by atoms with Gasteiger partial charge in [-0.05, 0) is 59.8 Å². The highest BCUT2D eigenvalue weighted by atomic mass is 16.5. The number of hydrogen-bond acceptors (Lipinski definition) is 4. The molecule has 172 valence electrons. The number of hydrogen-bond donors (Lipinski definition) is 3. The molecule has 0 spiro atoms. The molecule has 2 fully saturated rings. The number of ether oxygens (including phenoxy) is 1. The highest BCUT2D eigenvalue weighted by Crippen LogP contribution is 2.47. The van der Waals surface area contributed by atoms with Crippen molar-refractivity contribution in [2.75, 3.05) is 6.61 Å². The molecule has 4 atom stereocenters. The van der Waals surface area contributed by atoms with Gasteiger partial charge < -0.3 is 20.5 Å². The van der Waals surface area contributed by atoms with Crippen LogP contribution in [-0.2, 0) is 14.3 Å². The van der Waals surface area contributed by atoms with Crippen LogP contribution in [0.3, 0.4) is 0 Å². The average Bonchev–Trinajstić information content (AvgIpc) is 3.24. The van der Waals surface area contributed by atoms with Gasteiger partial charge in [0.25, 0.3) is 0 Å². The Hall–Kier alpha value is -3.35. The third-order valence-corrected chi connectivity index (χ3v) is 7.50. The molecule has 3 N–H and O–H groups in total. The van der Waals surface area contributed by atoms with Crippen LogP contribution in [0.5, 0.6) is 0 Å². The van der Waals surface area contributed by atoms with E-state index in [1.165, 1.54) is 6.42 Å². The Morgan fingerprint density at radius 1 is 0.939 bits per heavy atom. The Morgan fingerprint density at radius 2 is 1.58 bits per heavy atom. The second kappa shape index (κ2) is 8.89. The number of alkyl carbamates (subject to hydrolysis) is 1. The monoisotopic (exact) mass is 448 g/mol. The first kappa shape index (κ1) is 21.5. The van der Waals surface area contributed by atoms with Crippen molar-refractivity contribution in [2.24, 2.45) is 11.8 Å². The van der Waals surface area contributed by atoms with E-state index in [1.54, 1.807) is 0 Å². The second-order valence-electron chi connectivity index (χ2n) is 9.31. The van der Waals surface area contributed by atoms with Gasteiger partial charge in [-0.2, -0.15) is 0 Å². The molecule has 7 nitrogen and oxygen atoms in total. The molecule has 2 amide bonds.